The van der Waals surface area contributed by atoms with Gasteiger partial charge in [-0.25, -0.2) is 0 Å². The first-order valence-corrected chi connectivity index (χ1v) is 6.44. The minimum atomic E-state index is 0.798. The van der Waals surface area contributed by atoms with Gasteiger partial charge < -0.3 is 0 Å². The number of allylic oxidation sites excluding steroid dienone is 2. The van der Waals surface area contributed by atoms with Gasteiger partial charge in [0.25, 0.3) is 0 Å². The Morgan fingerprint density at radius 2 is 2.12 bits per heavy atom. The minimum absolute atomic E-state index is 0.798. The number of pyridine rings is 1. The zero-order valence-electron chi connectivity index (χ0n) is 10.4. The molecule has 0 saturated heterocycles. The van der Waals surface area contributed by atoms with Crippen molar-refractivity contribution in [2.24, 2.45) is 5.92 Å². The third-order valence-electron chi connectivity index (χ3n) is 3.46. The lowest BCUT2D eigenvalue weighted by Crippen LogP contribution is -1.94. The Morgan fingerprint density at radius 3 is 2.81 bits per heavy atom. The second kappa shape index (κ2) is 5.29. The van der Waals surface area contributed by atoms with Crippen LogP contribution in [0.1, 0.15) is 50.9 Å². The third-order valence-corrected chi connectivity index (χ3v) is 3.46. The molecule has 1 aromatic heterocycles. The largest absolute Gasteiger partial charge is 0.253 e. The van der Waals surface area contributed by atoms with Crippen molar-refractivity contribution >= 4 is 5.57 Å². The van der Waals surface area contributed by atoms with Crippen LogP contribution in [0.3, 0.4) is 0 Å². The SMILES string of the molecule is CCc1cccc(/C(C)=C/C2CCCC2)n1. The smallest absolute Gasteiger partial charge is 0.0659 e. The van der Waals surface area contributed by atoms with Crippen LogP contribution < -0.4 is 0 Å². The molecule has 2 rings (SSSR count). The van der Waals surface area contributed by atoms with Gasteiger partial charge in [0.2, 0.25) is 0 Å². The van der Waals surface area contributed by atoms with E-state index < -0.39 is 0 Å². The van der Waals surface area contributed by atoms with Crippen LogP contribution in [-0.4, -0.2) is 4.98 Å². The van der Waals surface area contributed by atoms with Crippen LogP contribution in [0.4, 0.5) is 0 Å². The molecule has 1 saturated carbocycles. The van der Waals surface area contributed by atoms with Crippen molar-refractivity contribution in [3.8, 4) is 0 Å². The Hall–Kier alpha value is -1.11. The van der Waals surface area contributed by atoms with E-state index in [0.717, 1.165) is 18.0 Å². The summed E-state index contributed by atoms with van der Waals surface area (Å²) in [5.74, 6) is 0.798. The predicted molar refractivity (Wildman–Crippen MR) is 69.2 cm³/mol. The molecule has 1 aromatic rings. The first kappa shape index (κ1) is 11.4. The molecule has 86 valence electrons. The molecule has 1 aliphatic carbocycles. The highest BCUT2D eigenvalue weighted by Gasteiger charge is 2.12. The molecule has 0 aliphatic heterocycles. The summed E-state index contributed by atoms with van der Waals surface area (Å²) in [6, 6.07) is 6.35. The van der Waals surface area contributed by atoms with Gasteiger partial charge in [-0.2, -0.15) is 0 Å². The Kier molecular flexibility index (Phi) is 3.76. The van der Waals surface area contributed by atoms with Gasteiger partial charge in [-0.3, -0.25) is 4.98 Å². The second-order valence-corrected chi connectivity index (χ2v) is 4.76. The van der Waals surface area contributed by atoms with E-state index in [9.17, 15) is 0 Å². The van der Waals surface area contributed by atoms with Crippen molar-refractivity contribution in [3.63, 3.8) is 0 Å². The van der Waals surface area contributed by atoms with Crippen molar-refractivity contribution in [3.05, 3.63) is 35.7 Å². The minimum Gasteiger partial charge on any atom is -0.253 e. The molecular formula is C15H21N. The molecule has 1 heterocycles. The summed E-state index contributed by atoms with van der Waals surface area (Å²) in [4.78, 5) is 4.66. The zero-order valence-corrected chi connectivity index (χ0v) is 10.4. The van der Waals surface area contributed by atoms with E-state index in [4.69, 9.17) is 0 Å². The monoisotopic (exact) mass is 215 g/mol. The van der Waals surface area contributed by atoms with Gasteiger partial charge in [-0.15, -0.1) is 0 Å². The molecule has 1 nitrogen and oxygen atoms in total. The highest BCUT2D eigenvalue weighted by Crippen LogP contribution is 2.28. The van der Waals surface area contributed by atoms with Crippen LogP contribution in [0.2, 0.25) is 0 Å². The molecule has 0 spiro atoms. The molecule has 0 atom stereocenters. The van der Waals surface area contributed by atoms with E-state index in [-0.39, 0.29) is 0 Å². The number of aryl methyl sites for hydroxylation is 1. The lowest BCUT2D eigenvalue weighted by atomic mass is 10.0. The van der Waals surface area contributed by atoms with E-state index in [1.807, 2.05) is 0 Å². The number of nitrogens with zero attached hydrogens (tertiary/aromatic N) is 1. The summed E-state index contributed by atoms with van der Waals surface area (Å²) < 4.78 is 0. The topological polar surface area (TPSA) is 12.9 Å². The summed E-state index contributed by atoms with van der Waals surface area (Å²) >= 11 is 0. The molecule has 16 heavy (non-hydrogen) atoms. The van der Waals surface area contributed by atoms with E-state index in [1.54, 1.807) is 0 Å². The molecule has 0 bridgehead atoms. The van der Waals surface area contributed by atoms with E-state index >= 15 is 0 Å². The number of hydrogen-bond acceptors (Lipinski definition) is 1. The maximum atomic E-state index is 4.66. The Morgan fingerprint density at radius 1 is 1.38 bits per heavy atom. The average molecular weight is 215 g/mol. The summed E-state index contributed by atoms with van der Waals surface area (Å²) in [5.41, 5.74) is 3.70. The van der Waals surface area contributed by atoms with Crippen LogP contribution in [0, 0.1) is 5.92 Å². The van der Waals surface area contributed by atoms with Gasteiger partial charge in [0, 0.05) is 5.69 Å². The summed E-state index contributed by atoms with van der Waals surface area (Å²) in [6.07, 6.45) is 8.97. The van der Waals surface area contributed by atoms with Crippen molar-refractivity contribution < 1.29 is 0 Å². The van der Waals surface area contributed by atoms with Crippen molar-refractivity contribution in [2.45, 2.75) is 46.0 Å². The zero-order chi connectivity index (χ0) is 11.4. The van der Waals surface area contributed by atoms with Crippen molar-refractivity contribution in [1.82, 2.24) is 4.98 Å². The maximum absolute atomic E-state index is 4.66. The third kappa shape index (κ3) is 2.72. The van der Waals surface area contributed by atoms with E-state index in [0.29, 0.717) is 0 Å². The first-order chi connectivity index (χ1) is 7.79. The maximum Gasteiger partial charge on any atom is 0.0659 e. The number of hydrogen-bond donors (Lipinski definition) is 0. The lowest BCUT2D eigenvalue weighted by molar-refractivity contribution is 0.686. The van der Waals surface area contributed by atoms with Gasteiger partial charge in [0.05, 0.1) is 5.69 Å². The average Bonchev–Trinajstić information content (AvgIpc) is 2.82. The van der Waals surface area contributed by atoms with E-state index in [2.05, 4.69) is 43.1 Å². The molecule has 0 amide bonds. The van der Waals surface area contributed by atoms with Gasteiger partial charge in [-0.1, -0.05) is 31.9 Å². The highest BCUT2D eigenvalue weighted by molar-refractivity contribution is 5.60. The Bertz CT molecular complexity index is 373. The predicted octanol–water partition coefficient (Wildman–Crippen LogP) is 4.24. The van der Waals surface area contributed by atoms with Gasteiger partial charge in [0.15, 0.2) is 0 Å². The van der Waals surface area contributed by atoms with E-state index in [1.165, 1.54) is 37.0 Å². The molecule has 0 unspecified atom stereocenters. The molecule has 0 aromatic carbocycles. The summed E-state index contributed by atoms with van der Waals surface area (Å²) in [7, 11) is 0. The van der Waals surface area contributed by atoms with Gasteiger partial charge in [-0.05, 0) is 49.8 Å². The van der Waals surface area contributed by atoms with Crippen LogP contribution in [-0.2, 0) is 6.42 Å². The first-order valence-electron chi connectivity index (χ1n) is 6.44. The standard InChI is InChI=1S/C15H21N/c1-3-14-9-6-10-15(16-14)12(2)11-13-7-4-5-8-13/h6,9-11,13H,3-5,7-8H2,1-2H3/b12-11+. The van der Waals surface area contributed by atoms with Crippen molar-refractivity contribution in [1.29, 1.82) is 0 Å². The highest BCUT2D eigenvalue weighted by atomic mass is 14.7. The van der Waals surface area contributed by atoms with Gasteiger partial charge in [0.1, 0.15) is 0 Å². The lowest BCUT2D eigenvalue weighted by Gasteiger charge is -2.07. The Labute approximate surface area is 98.6 Å². The molecule has 0 N–H and O–H groups in total. The summed E-state index contributed by atoms with van der Waals surface area (Å²) in [6.45, 7) is 4.35. The second-order valence-electron chi connectivity index (χ2n) is 4.76. The normalized spacial score (nSPS) is 18.0. The van der Waals surface area contributed by atoms with Crippen LogP contribution in [0.5, 0.6) is 0 Å². The van der Waals surface area contributed by atoms with Crippen molar-refractivity contribution in [2.75, 3.05) is 0 Å². The molecule has 1 aliphatic rings. The van der Waals surface area contributed by atoms with Crippen LogP contribution in [0.25, 0.3) is 5.57 Å². The Balaban J connectivity index is 2.15. The number of rotatable bonds is 3. The number of aromatic nitrogens is 1. The molecule has 1 fully saturated rings. The van der Waals surface area contributed by atoms with Crippen LogP contribution in [0.15, 0.2) is 24.3 Å². The fourth-order valence-electron chi connectivity index (χ4n) is 2.46. The molecular weight excluding hydrogens is 194 g/mol. The summed E-state index contributed by atoms with van der Waals surface area (Å²) in [5, 5.41) is 0. The molecule has 0 radical (unpaired) electrons. The fraction of sp³-hybridized carbons (Fsp3) is 0.533. The van der Waals surface area contributed by atoms with Crippen LogP contribution >= 0.6 is 0 Å². The quantitative estimate of drug-likeness (QED) is 0.735. The molecule has 1 heteroatoms. The fourth-order valence-corrected chi connectivity index (χ4v) is 2.46. The van der Waals surface area contributed by atoms with Gasteiger partial charge >= 0.3 is 0 Å².